The van der Waals surface area contributed by atoms with E-state index in [0.29, 0.717) is 15.6 Å². The summed E-state index contributed by atoms with van der Waals surface area (Å²) in [4.78, 5) is 28.2. The van der Waals surface area contributed by atoms with Gasteiger partial charge in [-0.3, -0.25) is 13.9 Å². The number of para-hydroxylation sites is 1. The number of rotatable bonds is 10. The lowest BCUT2D eigenvalue weighted by atomic mass is 10.1. The summed E-state index contributed by atoms with van der Waals surface area (Å²) in [5.74, 6) is -1.02. The fourth-order valence-corrected chi connectivity index (χ4v) is 6.02. The minimum atomic E-state index is -4.22. The Balaban J connectivity index is 2.06. The van der Waals surface area contributed by atoms with Gasteiger partial charge in [0.05, 0.1) is 15.6 Å². The molecule has 39 heavy (non-hydrogen) atoms. The summed E-state index contributed by atoms with van der Waals surface area (Å²) in [6.07, 6.45) is 0. The molecule has 3 aromatic rings. The van der Waals surface area contributed by atoms with Crippen molar-refractivity contribution < 1.29 is 18.0 Å². The Morgan fingerprint density at radius 3 is 2.13 bits per heavy atom. The summed E-state index contributed by atoms with van der Waals surface area (Å²) in [5.41, 5.74) is 1.56. The molecule has 1 atom stereocenters. The van der Waals surface area contributed by atoms with Crippen LogP contribution < -0.4 is 9.62 Å². The van der Waals surface area contributed by atoms with Gasteiger partial charge in [-0.1, -0.05) is 70.7 Å². The minimum Gasteiger partial charge on any atom is -0.352 e. The zero-order valence-electron chi connectivity index (χ0n) is 22.0. The smallest absolute Gasteiger partial charge is 0.264 e. The summed E-state index contributed by atoms with van der Waals surface area (Å²) in [5, 5.41) is 3.68. The van der Waals surface area contributed by atoms with E-state index in [0.717, 1.165) is 9.87 Å². The van der Waals surface area contributed by atoms with Crippen molar-refractivity contribution >= 4 is 62.3 Å². The highest BCUT2D eigenvalue weighted by atomic mass is 35.5. The lowest BCUT2D eigenvalue weighted by Gasteiger charge is -2.32. The SMILES string of the molecule is Cc1ccc(S(=O)(=O)N(CC(=O)N(Cc2ccc(Cl)cc2Cl)C(C)C(=O)NC(C)C)c2ccccc2Cl)cc1. The van der Waals surface area contributed by atoms with Crippen LogP contribution in [0.4, 0.5) is 5.69 Å². The number of halogens is 3. The second-order valence-corrected chi connectivity index (χ2v) is 12.5. The van der Waals surface area contributed by atoms with E-state index in [4.69, 9.17) is 34.8 Å². The molecule has 11 heteroatoms. The van der Waals surface area contributed by atoms with Crippen LogP contribution in [0.15, 0.2) is 71.6 Å². The molecule has 0 heterocycles. The molecule has 0 fully saturated rings. The minimum absolute atomic E-state index is 0.00119. The largest absolute Gasteiger partial charge is 0.352 e. The molecule has 0 aromatic heterocycles. The zero-order valence-corrected chi connectivity index (χ0v) is 25.1. The summed E-state index contributed by atoms with van der Waals surface area (Å²) < 4.78 is 28.6. The molecule has 0 spiro atoms. The number of hydrogen-bond acceptors (Lipinski definition) is 4. The van der Waals surface area contributed by atoms with Crippen LogP contribution in [0.1, 0.15) is 31.9 Å². The molecule has 0 bridgehead atoms. The van der Waals surface area contributed by atoms with E-state index in [1.54, 1.807) is 63.2 Å². The van der Waals surface area contributed by atoms with Crippen LogP contribution >= 0.6 is 34.8 Å². The van der Waals surface area contributed by atoms with Gasteiger partial charge in [0, 0.05) is 22.6 Å². The molecule has 0 saturated heterocycles. The van der Waals surface area contributed by atoms with Crippen molar-refractivity contribution in [1.29, 1.82) is 0 Å². The molecule has 1 unspecified atom stereocenters. The van der Waals surface area contributed by atoms with Crippen LogP contribution in [-0.4, -0.2) is 43.8 Å². The van der Waals surface area contributed by atoms with Gasteiger partial charge in [-0.15, -0.1) is 0 Å². The molecule has 208 valence electrons. The van der Waals surface area contributed by atoms with E-state index in [1.165, 1.54) is 29.2 Å². The number of carbonyl (C=O) groups excluding carboxylic acids is 2. The molecule has 0 saturated carbocycles. The lowest BCUT2D eigenvalue weighted by Crippen LogP contribution is -2.52. The predicted octanol–water partition coefficient (Wildman–Crippen LogP) is 6.09. The topological polar surface area (TPSA) is 86.8 Å². The van der Waals surface area contributed by atoms with Gasteiger partial charge in [0.2, 0.25) is 11.8 Å². The predicted molar refractivity (Wildman–Crippen MR) is 157 cm³/mol. The van der Waals surface area contributed by atoms with Gasteiger partial charge in [-0.25, -0.2) is 8.42 Å². The third-order valence-corrected chi connectivity index (χ3v) is 8.64. The Morgan fingerprint density at radius 2 is 1.54 bits per heavy atom. The average Bonchev–Trinajstić information content (AvgIpc) is 2.86. The molecule has 0 aliphatic heterocycles. The molecule has 1 N–H and O–H groups in total. The third-order valence-electron chi connectivity index (χ3n) is 5.96. The van der Waals surface area contributed by atoms with Crippen LogP contribution in [0, 0.1) is 6.92 Å². The summed E-state index contributed by atoms with van der Waals surface area (Å²) >= 11 is 18.8. The quantitative estimate of drug-likeness (QED) is 0.301. The second-order valence-electron chi connectivity index (χ2n) is 9.37. The van der Waals surface area contributed by atoms with E-state index < -0.39 is 34.4 Å². The maximum absolute atomic E-state index is 13.9. The molecule has 3 rings (SSSR count). The fourth-order valence-electron chi connectivity index (χ4n) is 3.83. The Hall–Kier alpha value is -2.78. The highest BCUT2D eigenvalue weighted by Crippen LogP contribution is 2.31. The van der Waals surface area contributed by atoms with Crippen LogP contribution in [0.25, 0.3) is 0 Å². The number of anilines is 1. The number of amides is 2. The van der Waals surface area contributed by atoms with Crippen molar-refractivity contribution in [3.05, 3.63) is 92.9 Å². The van der Waals surface area contributed by atoms with Gasteiger partial charge in [-0.2, -0.15) is 0 Å². The first kappa shape index (κ1) is 30.8. The van der Waals surface area contributed by atoms with E-state index in [1.807, 2.05) is 6.92 Å². The standard InChI is InChI=1S/C28H30Cl3N3O4S/c1-18(2)32-28(36)20(4)33(16-21-11-12-22(29)15-25(21)31)27(35)17-34(26-8-6-5-7-24(26)30)39(37,38)23-13-9-19(3)10-14-23/h5-15,18,20H,16-17H2,1-4H3,(H,32,36). The molecule has 0 aliphatic carbocycles. The number of carbonyl (C=O) groups is 2. The monoisotopic (exact) mass is 609 g/mol. The van der Waals surface area contributed by atoms with E-state index in [2.05, 4.69) is 5.32 Å². The van der Waals surface area contributed by atoms with Crippen LogP contribution in [0.5, 0.6) is 0 Å². The van der Waals surface area contributed by atoms with Crippen LogP contribution in [0.3, 0.4) is 0 Å². The molecule has 0 radical (unpaired) electrons. The van der Waals surface area contributed by atoms with E-state index in [9.17, 15) is 18.0 Å². The van der Waals surface area contributed by atoms with E-state index >= 15 is 0 Å². The highest BCUT2D eigenvalue weighted by Gasteiger charge is 2.33. The first-order chi connectivity index (χ1) is 18.3. The normalized spacial score (nSPS) is 12.2. The number of nitrogens with one attached hydrogen (secondary N) is 1. The molecule has 0 aliphatic rings. The first-order valence-corrected chi connectivity index (χ1v) is 14.8. The second kappa shape index (κ2) is 13.0. The number of nitrogens with zero attached hydrogens (tertiary/aromatic N) is 2. The lowest BCUT2D eigenvalue weighted by molar-refractivity contribution is -0.139. The first-order valence-electron chi connectivity index (χ1n) is 12.2. The Kier molecular flexibility index (Phi) is 10.3. The number of sulfonamides is 1. The molecule has 2 amide bonds. The van der Waals surface area contributed by atoms with Crippen LogP contribution in [0.2, 0.25) is 15.1 Å². The van der Waals surface area contributed by atoms with Gasteiger partial charge < -0.3 is 10.2 Å². The molecular weight excluding hydrogens is 581 g/mol. The molecule has 3 aromatic carbocycles. The van der Waals surface area contributed by atoms with Crippen molar-refractivity contribution in [2.45, 2.75) is 51.2 Å². The van der Waals surface area contributed by atoms with Gasteiger partial charge in [0.1, 0.15) is 12.6 Å². The Bertz CT molecular complexity index is 1450. The average molecular weight is 611 g/mol. The Morgan fingerprint density at radius 1 is 0.897 bits per heavy atom. The maximum Gasteiger partial charge on any atom is 0.264 e. The van der Waals surface area contributed by atoms with Crippen LogP contribution in [-0.2, 0) is 26.2 Å². The number of aryl methyl sites for hydroxylation is 1. The number of benzene rings is 3. The molecule has 7 nitrogen and oxygen atoms in total. The maximum atomic E-state index is 13.9. The van der Waals surface area contributed by atoms with Crippen molar-refractivity contribution in [3.8, 4) is 0 Å². The van der Waals surface area contributed by atoms with Gasteiger partial charge in [0.25, 0.3) is 10.0 Å². The summed E-state index contributed by atoms with van der Waals surface area (Å²) in [6, 6.07) is 16.4. The number of hydrogen-bond donors (Lipinski definition) is 1. The highest BCUT2D eigenvalue weighted by molar-refractivity contribution is 7.92. The zero-order chi connectivity index (χ0) is 28.9. The Labute approximate surface area is 244 Å². The third kappa shape index (κ3) is 7.66. The van der Waals surface area contributed by atoms with Crippen molar-refractivity contribution in [2.24, 2.45) is 0 Å². The van der Waals surface area contributed by atoms with Crippen molar-refractivity contribution in [3.63, 3.8) is 0 Å². The molecular formula is C28H30Cl3N3O4S. The summed E-state index contributed by atoms with van der Waals surface area (Å²) in [6.45, 7) is 6.37. The van der Waals surface area contributed by atoms with Gasteiger partial charge in [-0.05, 0) is 69.7 Å². The van der Waals surface area contributed by atoms with Gasteiger partial charge in [0.15, 0.2) is 0 Å². The fraction of sp³-hybridized carbons (Fsp3) is 0.286. The summed E-state index contributed by atoms with van der Waals surface area (Å²) in [7, 11) is -4.22. The van der Waals surface area contributed by atoms with Crippen molar-refractivity contribution in [2.75, 3.05) is 10.8 Å². The van der Waals surface area contributed by atoms with Crippen molar-refractivity contribution in [1.82, 2.24) is 10.2 Å². The van der Waals surface area contributed by atoms with E-state index in [-0.39, 0.29) is 28.2 Å². The van der Waals surface area contributed by atoms with Gasteiger partial charge >= 0.3 is 0 Å².